The summed E-state index contributed by atoms with van der Waals surface area (Å²) in [5.74, 6) is -0.407. The fraction of sp³-hybridized carbons (Fsp3) is 0.312. The highest BCUT2D eigenvalue weighted by molar-refractivity contribution is 5.89. The van der Waals surface area contributed by atoms with Crippen molar-refractivity contribution >= 4 is 11.8 Å². The number of pyridine rings is 1. The minimum absolute atomic E-state index is 0.00545. The van der Waals surface area contributed by atoms with Crippen LogP contribution in [-0.2, 0) is 22.7 Å². The van der Waals surface area contributed by atoms with Gasteiger partial charge in [0.25, 0.3) is 0 Å². The van der Waals surface area contributed by atoms with Crippen LogP contribution in [0.1, 0.15) is 17.7 Å². The van der Waals surface area contributed by atoms with Crippen LogP contribution in [0, 0.1) is 5.92 Å². The van der Waals surface area contributed by atoms with Gasteiger partial charge in [0.05, 0.1) is 30.7 Å². The first-order valence-electron chi connectivity index (χ1n) is 7.19. The van der Waals surface area contributed by atoms with Crippen LogP contribution in [0.4, 0.5) is 0 Å². The molecule has 2 amide bonds. The molecule has 1 aliphatic heterocycles. The van der Waals surface area contributed by atoms with Crippen molar-refractivity contribution in [3.8, 4) is 0 Å². The van der Waals surface area contributed by atoms with E-state index < -0.39 is 0 Å². The second-order valence-electron chi connectivity index (χ2n) is 5.35. The van der Waals surface area contributed by atoms with Crippen molar-refractivity contribution < 1.29 is 14.0 Å². The van der Waals surface area contributed by atoms with Crippen molar-refractivity contribution in [3.63, 3.8) is 0 Å². The third kappa shape index (κ3) is 3.33. The molecule has 1 N–H and O–H groups in total. The molecule has 0 spiro atoms. The number of hydrogen-bond acceptors (Lipinski definition) is 4. The summed E-state index contributed by atoms with van der Waals surface area (Å²) in [7, 11) is 0. The predicted molar refractivity (Wildman–Crippen MR) is 78.3 cm³/mol. The molecule has 1 unspecified atom stereocenters. The molecular formula is C16H17N3O3. The Balaban J connectivity index is 1.53. The molecule has 2 aromatic rings. The minimum atomic E-state index is -0.303. The Hall–Kier alpha value is -2.63. The molecule has 22 heavy (non-hydrogen) atoms. The Kier molecular flexibility index (Phi) is 4.18. The van der Waals surface area contributed by atoms with Gasteiger partial charge in [-0.25, -0.2) is 0 Å². The molecule has 114 valence electrons. The second kappa shape index (κ2) is 6.43. The zero-order chi connectivity index (χ0) is 15.4. The number of hydrogen-bond donors (Lipinski definition) is 1. The number of rotatable bonds is 5. The number of carbonyl (C=O) groups is 2. The van der Waals surface area contributed by atoms with Crippen LogP contribution >= 0.6 is 0 Å². The lowest BCUT2D eigenvalue weighted by molar-refractivity contribution is -0.129. The predicted octanol–water partition coefficient (Wildman–Crippen LogP) is 1.34. The van der Waals surface area contributed by atoms with Gasteiger partial charge in [-0.05, 0) is 18.2 Å². The number of furan rings is 1. The van der Waals surface area contributed by atoms with Gasteiger partial charge in [-0.3, -0.25) is 14.6 Å². The van der Waals surface area contributed by atoms with Crippen molar-refractivity contribution in [2.75, 3.05) is 6.54 Å². The first kappa shape index (κ1) is 14.3. The van der Waals surface area contributed by atoms with Gasteiger partial charge in [-0.1, -0.05) is 6.07 Å². The normalized spacial score (nSPS) is 17.7. The van der Waals surface area contributed by atoms with Gasteiger partial charge in [0, 0.05) is 31.3 Å². The van der Waals surface area contributed by atoms with Gasteiger partial charge < -0.3 is 14.6 Å². The van der Waals surface area contributed by atoms with Crippen molar-refractivity contribution in [2.45, 2.75) is 19.5 Å². The lowest BCUT2D eigenvalue weighted by Crippen LogP contribution is -2.32. The van der Waals surface area contributed by atoms with E-state index in [-0.39, 0.29) is 24.2 Å². The maximum Gasteiger partial charge on any atom is 0.225 e. The maximum absolute atomic E-state index is 12.1. The molecule has 0 aromatic carbocycles. The number of nitrogens with one attached hydrogen (secondary N) is 1. The maximum atomic E-state index is 12.1. The van der Waals surface area contributed by atoms with E-state index in [1.165, 1.54) is 0 Å². The Labute approximate surface area is 128 Å². The van der Waals surface area contributed by atoms with E-state index in [1.807, 2.05) is 18.2 Å². The zero-order valence-electron chi connectivity index (χ0n) is 12.1. The Morgan fingerprint density at radius 2 is 2.32 bits per heavy atom. The van der Waals surface area contributed by atoms with E-state index in [0.717, 1.165) is 11.3 Å². The fourth-order valence-electron chi connectivity index (χ4n) is 2.51. The molecule has 1 saturated heterocycles. The summed E-state index contributed by atoms with van der Waals surface area (Å²) in [6, 6.07) is 7.40. The standard InChI is InChI=1S/C16H17N3O3/c20-15-7-13(16(21)18-8-12-4-6-22-11-12)9-19(15)10-14-3-1-2-5-17-14/h1-6,11,13H,7-10H2,(H,18,21). The van der Waals surface area contributed by atoms with E-state index in [0.29, 0.717) is 19.6 Å². The topological polar surface area (TPSA) is 75.4 Å². The number of likely N-dealkylation sites (tertiary alicyclic amines) is 1. The third-order valence-corrected chi connectivity index (χ3v) is 3.71. The summed E-state index contributed by atoms with van der Waals surface area (Å²) < 4.78 is 4.95. The molecule has 0 aliphatic carbocycles. The van der Waals surface area contributed by atoms with Gasteiger partial charge >= 0.3 is 0 Å². The minimum Gasteiger partial charge on any atom is -0.472 e. The molecule has 2 aromatic heterocycles. The molecule has 6 heteroatoms. The average Bonchev–Trinajstić information content (AvgIpc) is 3.16. The number of aromatic nitrogens is 1. The zero-order valence-corrected chi connectivity index (χ0v) is 12.1. The lowest BCUT2D eigenvalue weighted by atomic mass is 10.1. The summed E-state index contributed by atoms with van der Waals surface area (Å²) in [5, 5.41) is 2.84. The smallest absolute Gasteiger partial charge is 0.225 e. The molecule has 0 saturated carbocycles. The highest BCUT2D eigenvalue weighted by Gasteiger charge is 2.34. The number of carbonyl (C=O) groups excluding carboxylic acids is 2. The average molecular weight is 299 g/mol. The molecule has 3 rings (SSSR count). The molecular weight excluding hydrogens is 282 g/mol. The summed E-state index contributed by atoms with van der Waals surface area (Å²) in [6.45, 7) is 1.30. The molecule has 1 fully saturated rings. The molecule has 0 bridgehead atoms. The highest BCUT2D eigenvalue weighted by atomic mass is 16.3. The van der Waals surface area contributed by atoms with Crippen LogP contribution < -0.4 is 5.32 Å². The summed E-state index contributed by atoms with van der Waals surface area (Å²) in [5.41, 5.74) is 1.73. The lowest BCUT2D eigenvalue weighted by Gasteiger charge is -2.16. The van der Waals surface area contributed by atoms with Crippen molar-refractivity contribution in [3.05, 3.63) is 54.2 Å². The number of amides is 2. The van der Waals surface area contributed by atoms with Gasteiger partial charge in [0.15, 0.2) is 0 Å². The highest BCUT2D eigenvalue weighted by Crippen LogP contribution is 2.20. The second-order valence-corrected chi connectivity index (χ2v) is 5.35. The Bertz CT molecular complexity index is 640. The molecule has 0 radical (unpaired) electrons. The molecule has 6 nitrogen and oxygen atoms in total. The van der Waals surface area contributed by atoms with Gasteiger partial charge in [0.2, 0.25) is 11.8 Å². The van der Waals surface area contributed by atoms with Crippen molar-refractivity contribution in [1.82, 2.24) is 15.2 Å². The third-order valence-electron chi connectivity index (χ3n) is 3.71. The summed E-state index contributed by atoms with van der Waals surface area (Å²) in [6.07, 6.45) is 5.11. The number of nitrogens with zero attached hydrogens (tertiary/aromatic N) is 2. The van der Waals surface area contributed by atoms with E-state index in [4.69, 9.17) is 4.42 Å². The van der Waals surface area contributed by atoms with Crippen LogP contribution in [0.3, 0.4) is 0 Å². The van der Waals surface area contributed by atoms with Gasteiger partial charge in [0.1, 0.15) is 0 Å². The van der Waals surface area contributed by atoms with Crippen LogP contribution in [0.25, 0.3) is 0 Å². The van der Waals surface area contributed by atoms with Crippen LogP contribution in [-0.4, -0.2) is 28.2 Å². The largest absolute Gasteiger partial charge is 0.472 e. The van der Waals surface area contributed by atoms with Crippen molar-refractivity contribution in [1.29, 1.82) is 0 Å². The van der Waals surface area contributed by atoms with Gasteiger partial charge in [-0.2, -0.15) is 0 Å². The molecule has 1 atom stereocenters. The van der Waals surface area contributed by atoms with Gasteiger partial charge in [-0.15, -0.1) is 0 Å². The summed E-state index contributed by atoms with van der Waals surface area (Å²) in [4.78, 5) is 30.1. The van der Waals surface area contributed by atoms with Crippen molar-refractivity contribution in [2.24, 2.45) is 5.92 Å². The molecule has 3 heterocycles. The first-order chi connectivity index (χ1) is 10.7. The monoisotopic (exact) mass is 299 g/mol. The van der Waals surface area contributed by atoms with E-state index >= 15 is 0 Å². The SMILES string of the molecule is O=C(NCc1ccoc1)C1CC(=O)N(Cc2ccccn2)C1. The van der Waals surface area contributed by atoms with Crippen LogP contribution in [0.2, 0.25) is 0 Å². The first-order valence-corrected chi connectivity index (χ1v) is 7.19. The summed E-state index contributed by atoms with van der Waals surface area (Å²) >= 11 is 0. The molecule has 1 aliphatic rings. The van der Waals surface area contributed by atoms with E-state index in [1.54, 1.807) is 29.7 Å². The van der Waals surface area contributed by atoms with Crippen LogP contribution in [0.5, 0.6) is 0 Å². The van der Waals surface area contributed by atoms with E-state index in [9.17, 15) is 9.59 Å². The Morgan fingerprint density at radius 3 is 3.05 bits per heavy atom. The van der Waals surface area contributed by atoms with Crippen LogP contribution in [0.15, 0.2) is 47.4 Å². The van der Waals surface area contributed by atoms with E-state index in [2.05, 4.69) is 10.3 Å². The quantitative estimate of drug-likeness (QED) is 0.904. The Morgan fingerprint density at radius 1 is 1.41 bits per heavy atom. The fourth-order valence-corrected chi connectivity index (χ4v) is 2.51.